The fourth-order valence-corrected chi connectivity index (χ4v) is 0.582. The Balaban J connectivity index is 3.00. The Hall–Kier alpha value is -0.0800. The lowest BCUT2D eigenvalue weighted by molar-refractivity contribution is 0.0107. The average molecular weight is 145 g/mol. The van der Waals surface area contributed by atoms with E-state index in [1.54, 1.807) is 0 Å². The second-order valence-corrected chi connectivity index (χ2v) is 2.15. The summed E-state index contributed by atoms with van der Waals surface area (Å²) in [5.41, 5.74) is 0. The van der Waals surface area contributed by atoms with Crippen molar-refractivity contribution < 1.29 is 9.47 Å². The standard InChI is InChI=1S/C8H17O2/c1-4-6-10-8(3)7-9-5-2/h8H,3-7H2,1-2H3. The maximum absolute atomic E-state index is 5.26. The molecule has 10 heavy (non-hydrogen) atoms. The maximum atomic E-state index is 5.26. The van der Waals surface area contributed by atoms with Crippen LogP contribution in [0.25, 0.3) is 0 Å². The van der Waals surface area contributed by atoms with Crippen molar-refractivity contribution >= 4 is 0 Å². The van der Waals surface area contributed by atoms with E-state index in [4.69, 9.17) is 9.47 Å². The van der Waals surface area contributed by atoms with Gasteiger partial charge in [-0.25, -0.2) is 0 Å². The molecule has 0 aliphatic rings. The van der Waals surface area contributed by atoms with Crippen molar-refractivity contribution in [1.29, 1.82) is 0 Å². The molecule has 0 fully saturated rings. The van der Waals surface area contributed by atoms with Gasteiger partial charge in [0.15, 0.2) is 0 Å². The molecule has 0 spiro atoms. The predicted octanol–water partition coefficient (Wildman–Crippen LogP) is 1.65. The van der Waals surface area contributed by atoms with Gasteiger partial charge in [-0.2, -0.15) is 0 Å². The molecule has 0 amide bonds. The molecule has 0 aliphatic heterocycles. The molecule has 0 N–H and O–H groups in total. The molecule has 61 valence electrons. The third kappa shape index (κ3) is 6.05. The molecule has 2 nitrogen and oxygen atoms in total. The lowest BCUT2D eigenvalue weighted by atomic mass is 10.4. The fourth-order valence-electron chi connectivity index (χ4n) is 0.582. The minimum Gasteiger partial charge on any atom is -0.379 e. The van der Waals surface area contributed by atoms with Crippen LogP contribution in [0.3, 0.4) is 0 Å². The smallest absolute Gasteiger partial charge is 0.0809 e. The Bertz CT molecular complexity index is 56.3. The SMILES string of the molecule is [CH2]C(COCC)OCCC. The second-order valence-electron chi connectivity index (χ2n) is 2.15. The highest BCUT2D eigenvalue weighted by Crippen LogP contribution is 1.92. The first-order valence-corrected chi connectivity index (χ1v) is 3.83. The molecule has 0 aromatic rings. The van der Waals surface area contributed by atoms with Crippen LogP contribution in [0.5, 0.6) is 0 Å². The highest BCUT2D eigenvalue weighted by Gasteiger charge is 1.99. The Kier molecular flexibility index (Phi) is 6.98. The van der Waals surface area contributed by atoms with Gasteiger partial charge in [-0.15, -0.1) is 0 Å². The van der Waals surface area contributed by atoms with Crippen LogP contribution in [-0.2, 0) is 9.47 Å². The Morgan fingerprint density at radius 2 is 2.10 bits per heavy atom. The van der Waals surface area contributed by atoms with E-state index in [2.05, 4.69) is 13.8 Å². The topological polar surface area (TPSA) is 18.5 Å². The van der Waals surface area contributed by atoms with Crippen LogP contribution in [0.1, 0.15) is 20.3 Å². The van der Waals surface area contributed by atoms with Crippen molar-refractivity contribution in [1.82, 2.24) is 0 Å². The molecule has 0 aromatic heterocycles. The molecular weight excluding hydrogens is 128 g/mol. The van der Waals surface area contributed by atoms with Gasteiger partial charge in [0.25, 0.3) is 0 Å². The summed E-state index contributed by atoms with van der Waals surface area (Å²) >= 11 is 0. The third-order valence-corrected chi connectivity index (χ3v) is 1.07. The normalized spacial score (nSPS) is 13.5. The molecule has 0 heterocycles. The van der Waals surface area contributed by atoms with E-state index < -0.39 is 0 Å². The van der Waals surface area contributed by atoms with Crippen LogP contribution in [-0.4, -0.2) is 25.9 Å². The van der Waals surface area contributed by atoms with Gasteiger partial charge in [-0.1, -0.05) is 6.92 Å². The first-order chi connectivity index (χ1) is 4.81. The van der Waals surface area contributed by atoms with Crippen LogP contribution in [0.2, 0.25) is 0 Å². The number of hydrogen-bond acceptors (Lipinski definition) is 2. The molecule has 1 atom stereocenters. The monoisotopic (exact) mass is 145 g/mol. The summed E-state index contributed by atoms with van der Waals surface area (Å²) < 4.78 is 10.4. The van der Waals surface area contributed by atoms with E-state index in [9.17, 15) is 0 Å². The number of rotatable bonds is 6. The summed E-state index contributed by atoms with van der Waals surface area (Å²) in [5.74, 6) is 0. The first-order valence-electron chi connectivity index (χ1n) is 3.83. The molecule has 0 aliphatic carbocycles. The summed E-state index contributed by atoms with van der Waals surface area (Å²) in [6.07, 6.45) is 1.04. The number of hydrogen-bond donors (Lipinski definition) is 0. The van der Waals surface area contributed by atoms with Gasteiger partial charge in [0.1, 0.15) is 0 Å². The zero-order chi connectivity index (χ0) is 7.82. The lowest BCUT2D eigenvalue weighted by Crippen LogP contribution is -2.16. The summed E-state index contributed by atoms with van der Waals surface area (Å²) in [6, 6.07) is 0. The van der Waals surface area contributed by atoms with Crippen molar-refractivity contribution in [2.75, 3.05) is 19.8 Å². The first kappa shape index (κ1) is 9.92. The van der Waals surface area contributed by atoms with Crippen LogP contribution in [0, 0.1) is 6.92 Å². The van der Waals surface area contributed by atoms with Crippen molar-refractivity contribution in [2.45, 2.75) is 26.4 Å². The third-order valence-electron chi connectivity index (χ3n) is 1.07. The predicted molar refractivity (Wildman–Crippen MR) is 41.9 cm³/mol. The largest absolute Gasteiger partial charge is 0.379 e. The molecule has 1 unspecified atom stereocenters. The summed E-state index contributed by atoms with van der Waals surface area (Å²) in [6.45, 7) is 9.93. The molecule has 0 saturated heterocycles. The minimum atomic E-state index is -0.0000926. The Morgan fingerprint density at radius 1 is 1.40 bits per heavy atom. The van der Waals surface area contributed by atoms with Gasteiger partial charge in [-0.3, -0.25) is 0 Å². The molecule has 2 heteroatoms. The summed E-state index contributed by atoms with van der Waals surface area (Å²) in [4.78, 5) is 0. The van der Waals surface area contributed by atoms with Crippen molar-refractivity contribution in [3.63, 3.8) is 0 Å². The van der Waals surface area contributed by atoms with Gasteiger partial charge in [0.2, 0.25) is 0 Å². The highest BCUT2D eigenvalue weighted by atomic mass is 16.5. The van der Waals surface area contributed by atoms with Crippen molar-refractivity contribution in [3.8, 4) is 0 Å². The molecule has 0 bridgehead atoms. The molecule has 0 saturated carbocycles. The lowest BCUT2D eigenvalue weighted by Gasteiger charge is -2.10. The Labute approximate surface area is 63.5 Å². The quantitative estimate of drug-likeness (QED) is 0.566. The van der Waals surface area contributed by atoms with Gasteiger partial charge in [0.05, 0.1) is 12.7 Å². The highest BCUT2D eigenvalue weighted by molar-refractivity contribution is 4.57. The van der Waals surface area contributed by atoms with Crippen molar-refractivity contribution in [3.05, 3.63) is 6.92 Å². The fraction of sp³-hybridized carbons (Fsp3) is 0.875. The zero-order valence-corrected chi connectivity index (χ0v) is 6.93. The van der Waals surface area contributed by atoms with Crippen molar-refractivity contribution in [2.24, 2.45) is 0 Å². The van der Waals surface area contributed by atoms with E-state index in [-0.39, 0.29) is 6.10 Å². The molecule has 0 aromatic carbocycles. The molecule has 0 rings (SSSR count). The molecule has 1 radical (unpaired) electrons. The van der Waals surface area contributed by atoms with Crippen LogP contribution in [0.4, 0.5) is 0 Å². The number of ether oxygens (including phenoxy) is 2. The van der Waals surface area contributed by atoms with Crippen LogP contribution < -0.4 is 0 Å². The van der Waals surface area contributed by atoms with E-state index >= 15 is 0 Å². The van der Waals surface area contributed by atoms with E-state index in [1.165, 1.54) is 0 Å². The van der Waals surface area contributed by atoms with Crippen LogP contribution >= 0.6 is 0 Å². The van der Waals surface area contributed by atoms with E-state index in [0.29, 0.717) is 6.61 Å². The van der Waals surface area contributed by atoms with E-state index in [1.807, 2.05) is 6.92 Å². The second kappa shape index (κ2) is 7.03. The van der Waals surface area contributed by atoms with Gasteiger partial charge < -0.3 is 9.47 Å². The minimum absolute atomic E-state index is 0.0000926. The Morgan fingerprint density at radius 3 is 2.60 bits per heavy atom. The summed E-state index contributed by atoms with van der Waals surface area (Å²) in [5, 5.41) is 0. The van der Waals surface area contributed by atoms with E-state index in [0.717, 1.165) is 19.6 Å². The zero-order valence-electron chi connectivity index (χ0n) is 6.93. The molecular formula is C8H17O2. The van der Waals surface area contributed by atoms with Gasteiger partial charge in [0, 0.05) is 13.2 Å². The van der Waals surface area contributed by atoms with Crippen LogP contribution in [0.15, 0.2) is 0 Å². The summed E-state index contributed by atoms with van der Waals surface area (Å²) in [7, 11) is 0. The van der Waals surface area contributed by atoms with Gasteiger partial charge in [-0.05, 0) is 20.3 Å². The average Bonchev–Trinajstić information content (AvgIpc) is 1.97. The van der Waals surface area contributed by atoms with Gasteiger partial charge >= 0.3 is 0 Å². The maximum Gasteiger partial charge on any atom is 0.0809 e.